The molecule has 84 valence electrons. The monoisotopic (exact) mass is 237 g/mol. The minimum atomic E-state index is 0.540. The molecule has 16 heavy (non-hydrogen) atoms. The molecule has 0 atom stereocenters. The molecule has 2 aromatic rings. The fraction of sp³-hybridized carbons (Fsp3) is 0.300. The van der Waals surface area contributed by atoms with E-state index >= 15 is 0 Å². The van der Waals surface area contributed by atoms with E-state index in [2.05, 4.69) is 20.4 Å². The molecule has 0 unspecified atom stereocenters. The molecular weight excluding hydrogens is 226 g/mol. The van der Waals surface area contributed by atoms with Crippen LogP contribution in [0, 0.1) is 0 Å². The molecule has 2 rings (SSSR count). The number of nitrogens with zero attached hydrogens (tertiary/aromatic N) is 4. The highest BCUT2D eigenvalue weighted by molar-refractivity contribution is 6.30. The van der Waals surface area contributed by atoms with Crippen molar-refractivity contribution in [1.29, 1.82) is 0 Å². The molecule has 0 aliphatic heterocycles. The maximum absolute atomic E-state index is 5.68. The van der Waals surface area contributed by atoms with Gasteiger partial charge in [0.25, 0.3) is 0 Å². The zero-order valence-electron chi connectivity index (χ0n) is 8.89. The molecule has 0 amide bonds. The van der Waals surface area contributed by atoms with Gasteiger partial charge in [0.1, 0.15) is 0 Å². The summed E-state index contributed by atoms with van der Waals surface area (Å²) in [6.07, 6.45) is 7.87. The Morgan fingerprint density at radius 3 is 2.69 bits per heavy atom. The number of aryl methyl sites for hydroxylation is 1. The molecule has 0 spiro atoms. The van der Waals surface area contributed by atoms with E-state index in [-0.39, 0.29) is 0 Å². The zero-order chi connectivity index (χ0) is 11.4. The van der Waals surface area contributed by atoms with Crippen LogP contribution in [0.2, 0.25) is 5.02 Å². The van der Waals surface area contributed by atoms with E-state index in [0.717, 1.165) is 13.0 Å². The number of halogens is 1. The number of rotatable bonds is 4. The molecule has 6 heteroatoms. The van der Waals surface area contributed by atoms with E-state index in [0.29, 0.717) is 11.0 Å². The first-order valence-corrected chi connectivity index (χ1v) is 5.31. The van der Waals surface area contributed by atoms with Gasteiger partial charge in [-0.25, -0.2) is 9.97 Å². The summed E-state index contributed by atoms with van der Waals surface area (Å²) in [7, 11) is 1.90. The summed E-state index contributed by atoms with van der Waals surface area (Å²) in [4.78, 5) is 8.08. The van der Waals surface area contributed by atoms with Crippen LogP contribution in [0.1, 0.15) is 5.56 Å². The van der Waals surface area contributed by atoms with E-state index in [9.17, 15) is 0 Å². The zero-order valence-corrected chi connectivity index (χ0v) is 9.65. The van der Waals surface area contributed by atoms with Gasteiger partial charge in [-0.1, -0.05) is 11.6 Å². The number of nitrogens with one attached hydrogen (secondary N) is 1. The quantitative estimate of drug-likeness (QED) is 0.876. The van der Waals surface area contributed by atoms with Crippen molar-refractivity contribution >= 4 is 17.5 Å². The number of aromatic nitrogens is 4. The van der Waals surface area contributed by atoms with Gasteiger partial charge < -0.3 is 5.32 Å². The second-order valence-electron chi connectivity index (χ2n) is 3.42. The van der Waals surface area contributed by atoms with Crippen LogP contribution in [-0.4, -0.2) is 26.3 Å². The lowest BCUT2D eigenvalue weighted by molar-refractivity contribution is 0.766. The Balaban J connectivity index is 1.82. The molecule has 0 aliphatic rings. The summed E-state index contributed by atoms with van der Waals surface area (Å²) in [6.45, 7) is 0.771. The standard InChI is InChI=1S/C10H12ClN5/c1-16-7-8(4-15-16)2-3-12-10-13-5-9(11)6-14-10/h4-7H,2-3H2,1H3,(H,12,13,14). The maximum Gasteiger partial charge on any atom is 0.222 e. The fourth-order valence-corrected chi connectivity index (χ4v) is 1.42. The van der Waals surface area contributed by atoms with Crippen molar-refractivity contribution in [2.75, 3.05) is 11.9 Å². The molecule has 0 bridgehead atoms. The Hall–Kier alpha value is -1.62. The first kappa shape index (κ1) is 10.9. The van der Waals surface area contributed by atoms with Crippen molar-refractivity contribution in [3.8, 4) is 0 Å². The Labute approximate surface area is 98.5 Å². The molecule has 0 saturated carbocycles. The summed E-state index contributed by atoms with van der Waals surface area (Å²) in [5.41, 5.74) is 1.18. The van der Waals surface area contributed by atoms with Gasteiger partial charge in [0.05, 0.1) is 23.6 Å². The van der Waals surface area contributed by atoms with Crippen LogP contribution >= 0.6 is 11.6 Å². The van der Waals surface area contributed by atoms with Crippen LogP contribution < -0.4 is 5.32 Å². The highest BCUT2D eigenvalue weighted by Gasteiger charge is 1.98. The minimum absolute atomic E-state index is 0.540. The summed E-state index contributed by atoms with van der Waals surface area (Å²) >= 11 is 5.68. The Bertz CT molecular complexity index is 450. The maximum atomic E-state index is 5.68. The molecular formula is C10H12ClN5. The van der Waals surface area contributed by atoms with Gasteiger partial charge in [0.2, 0.25) is 5.95 Å². The van der Waals surface area contributed by atoms with Crippen molar-refractivity contribution in [2.24, 2.45) is 7.05 Å². The van der Waals surface area contributed by atoms with Crippen LogP contribution in [0.5, 0.6) is 0 Å². The lowest BCUT2D eigenvalue weighted by Crippen LogP contribution is -2.07. The Kier molecular flexibility index (Phi) is 3.36. The number of hydrogen-bond acceptors (Lipinski definition) is 4. The third-order valence-corrected chi connectivity index (χ3v) is 2.27. The number of anilines is 1. The van der Waals surface area contributed by atoms with E-state index in [1.54, 1.807) is 17.1 Å². The lowest BCUT2D eigenvalue weighted by atomic mass is 10.2. The minimum Gasteiger partial charge on any atom is -0.354 e. The summed E-state index contributed by atoms with van der Waals surface area (Å²) in [5, 5.41) is 7.75. The van der Waals surface area contributed by atoms with Gasteiger partial charge in [-0.05, 0) is 12.0 Å². The molecule has 0 radical (unpaired) electrons. The largest absolute Gasteiger partial charge is 0.354 e. The molecule has 5 nitrogen and oxygen atoms in total. The van der Waals surface area contributed by atoms with Gasteiger partial charge in [-0.15, -0.1) is 0 Å². The van der Waals surface area contributed by atoms with Gasteiger partial charge >= 0.3 is 0 Å². The first-order valence-electron chi connectivity index (χ1n) is 4.93. The highest BCUT2D eigenvalue weighted by atomic mass is 35.5. The van der Waals surface area contributed by atoms with Crippen LogP contribution in [-0.2, 0) is 13.5 Å². The van der Waals surface area contributed by atoms with E-state index in [4.69, 9.17) is 11.6 Å². The van der Waals surface area contributed by atoms with Crippen molar-refractivity contribution < 1.29 is 0 Å². The average Bonchev–Trinajstić information content (AvgIpc) is 2.67. The third kappa shape index (κ3) is 2.93. The average molecular weight is 238 g/mol. The van der Waals surface area contributed by atoms with Crippen molar-refractivity contribution in [2.45, 2.75) is 6.42 Å². The number of hydrogen-bond donors (Lipinski definition) is 1. The van der Waals surface area contributed by atoms with Gasteiger partial charge in [-0.2, -0.15) is 5.10 Å². The Morgan fingerprint density at radius 1 is 1.31 bits per heavy atom. The summed E-state index contributed by atoms with van der Waals surface area (Å²) in [6, 6.07) is 0. The SMILES string of the molecule is Cn1cc(CCNc2ncc(Cl)cn2)cn1. The van der Waals surface area contributed by atoms with Crippen LogP contribution in [0.25, 0.3) is 0 Å². The second kappa shape index (κ2) is 4.94. The molecule has 2 aromatic heterocycles. The van der Waals surface area contributed by atoms with E-state index in [1.165, 1.54) is 5.56 Å². The first-order chi connectivity index (χ1) is 7.74. The van der Waals surface area contributed by atoms with E-state index in [1.807, 2.05) is 19.4 Å². The third-order valence-electron chi connectivity index (χ3n) is 2.08. The van der Waals surface area contributed by atoms with Crippen molar-refractivity contribution in [1.82, 2.24) is 19.7 Å². The molecule has 2 heterocycles. The predicted octanol–water partition coefficient (Wildman–Crippen LogP) is 1.52. The van der Waals surface area contributed by atoms with Crippen LogP contribution in [0.3, 0.4) is 0 Å². The molecule has 1 N–H and O–H groups in total. The highest BCUT2D eigenvalue weighted by Crippen LogP contribution is 2.05. The van der Waals surface area contributed by atoms with Crippen LogP contribution in [0.15, 0.2) is 24.8 Å². The topological polar surface area (TPSA) is 55.6 Å². The molecule has 0 fully saturated rings. The summed E-state index contributed by atoms with van der Waals surface area (Å²) in [5.74, 6) is 0.591. The normalized spacial score (nSPS) is 10.4. The van der Waals surface area contributed by atoms with Crippen molar-refractivity contribution in [3.63, 3.8) is 0 Å². The summed E-state index contributed by atoms with van der Waals surface area (Å²) < 4.78 is 1.79. The van der Waals surface area contributed by atoms with E-state index < -0.39 is 0 Å². The predicted molar refractivity (Wildman–Crippen MR) is 62.4 cm³/mol. The Morgan fingerprint density at radius 2 is 2.06 bits per heavy atom. The molecule has 0 saturated heterocycles. The van der Waals surface area contributed by atoms with Gasteiger partial charge in [0.15, 0.2) is 0 Å². The van der Waals surface area contributed by atoms with Gasteiger partial charge in [0, 0.05) is 19.8 Å². The van der Waals surface area contributed by atoms with Crippen molar-refractivity contribution in [3.05, 3.63) is 35.4 Å². The van der Waals surface area contributed by atoms with Crippen LogP contribution in [0.4, 0.5) is 5.95 Å². The smallest absolute Gasteiger partial charge is 0.222 e. The molecule has 0 aromatic carbocycles. The van der Waals surface area contributed by atoms with Gasteiger partial charge in [-0.3, -0.25) is 4.68 Å². The second-order valence-corrected chi connectivity index (χ2v) is 3.86. The lowest BCUT2D eigenvalue weighted by Gasteiger charge is -2.02. The fourth-order valence-electron chi connectivity index (χ4n) is 1.32. The molecule has 0 aliphatic carbocycles.